The Kier molecular flexibility index (Phi) is 30.8. The number of piperazine rings is 2. The smallest absolute Gasteiger partial charge is 0.152 e. The lowest BCUT2D eigenvalue weighted by molar-refractivity contribution is 0.585. The number of halogens is 2. The third-order valence-electron chi connectivity index (χ3n) is 5.14. The third kappa shape index (κ3) is 13.8. The van der Waals surface area contributed by atoms with E-state index in [-0.39, 0.29) is 52.2 Å². The van der Waals surface area contributed by atoms with Crippen LogP contribution >= 0.6 is 24.8 Å². The first-order valence-electron chi connectivity index (χ1n) is 11.1. The van der Waals surface area contributed by atoms with Gasteiger partial charge in [-0.3, -0.25) is 0 Å². The van der Waals surface area contributed by atoms with Gasteiger partial charge in [-0.25, -0.2) is 9.97 Å². The van der Waals surface area contributed by atoms with E-state index in [9.17, 15) is 0 Å². The summed E-state index contributed by atoms with van der Waals surface area (Å²) < 4.78 is 0. The van der Waals surface area contributed by atoms with Gasteiger partial charge in [-0.1, -0.05) is 0 Å². The van der Waals surface area contributed by atoms with E-state index in [1.165, 1.54) is 0 Å². The summed E-state index contributed by atoms with van der Waals surface area (Å²) in [4.78, 5) is 13.6. The molecule has 0 atom stereocenters. The third-order valence-corrected chi connectivity index (χ3v) is 5.14. The van der Waals surface area contributed by atoms with Crippen molar-refractivity contribution in [1.29, 1.82) is 0 Å². The van der Waals surface area contributed by atoms with E-state index < -0.39 is 0 Å². The minimum Gasteiger partial charge on any atom is -0.412 e. The summed E-state index contributed by atoms with van der Waals surface area (Å²) in [6.07, 6.45) is 3.72. The second-order valence-electron chi connectivity index (χ2n) is 7.28. The molecule has 0 aliphatic carbocycles. The van der Waals surface area contributed by atoms with E-state index in [1.807, 2.05) is 24.5 Å². The zero-order valence-electron chi connectivity index (χ0n) is 21.6. The average molecular weight is 576 g/mol. The van der Waals surface area contributed by atoms with E-state index in [0.29, 0.717) is 0 Å². The average Bonchev–Trinajstić information content (AvgIpc) is 2.82. The molecule has 0 unspecified atom stereocenters. The van der Waals surface area contributed by atoms with Crippen LogP contribution in [-0.4, -0.2) is 103 Å². The van der Waals surface area contributed by atoms with Crippen LogP contribution in [-0.2, 0) is 0 Å². The molecular formula is C22H48Cl2N8O5. The van der Waals surface area contributed by atoms with Crippen LogP contribution in [0.3, 0.4) is 0 Å². The Morgan fingerprint density at radius 3 is 1.27 bits per heavy atom. The van der Waals surface area contributed by atoms with Gasteiger partial charge in [0.25, 0.3) is 0 Å². The minimum atomic E-state index is 0. The molecule has 2 aliphatic rings. The lowest BCUT2D eigenvalue weighted by atomic mass is 10.3. The van der Waals surface area contributed by atoms with E-state index in [1.54, 1.807) is 0 Å². The van der Waals surface area contributed by atoms with Crippen molar-refractivity contribution in [3.8, 4) is 0 Å². The standard InChI is InChI=1S/2C11H18N4.2ClH.5H2O/c2*1-2-13-10-4-3-5-14-11(10)15-8-6-12-7-9-15;;;;;;;/h2*3-5,12-13H,2,6-9H2,1H3;2*1H;5*1H2. The summed E-state index contributed by atoms with van der Waals surface area (Å²) in [6, 6.07) is 8.13. The molecule has 0 saturated carbocycles. The number of hydrogen-bond donors (Lipinski definition) is 4. The van der Waals surface area contributed by atoms with Gasteiger partial charge < -0.3 is 58.4 Å². The number of nitrogens with one attached hydrogen (secondary N) is 4. The summed E-state index contributed by atoms with van der Waals surface area (Å²) >= 11 is 0. The van der Waals surface area contributed by atoms with Crippen LogP contribution < -0.4 is 31.1 Å². The minimum absolute atomic E-state index is 0. The van der Waals surface area contributed by atoms with Gasteiger partial charge in [-0.2, -0.15) is 0 Å². The molecule has 15 heteroatoms. The molecule has 0 bridgehead atoms. The van der Waals surface area contributed by atoms with Crippen molar-refractivity contribution in [3.63, 3.8) is 0 Å². The largest absolute Gasteiger partial charge is 0.412 e. The fraction of sp³-hybridized carbons (Fsp3) is 0.545. The van der Waals surface area contributed by atoms with Gasteiger partial charge in [-0.05, 0) is 38.1 Å². The SMILES string of the molecule is CCNc1cccnc1N1CCNCC1.CCNc1cccnc1N1CCNCC1.Cl.Cl.O.O.O.O.O. The van der Waals surface area contributed by atoms with Gasteiger partial charge in [0.05, 0.1) is 11.4 Å². The predicted molar refractivity (Wildman–Crippen MR) is 160 cm³/mol. The summed E-state index contributed by atoms with van der Waals surface area (Å²) in [7, 11) is 0. The van der Waals surface area contributed by atoms with Gasteiger partial charge in [0.15, 0.2) is 11.6 Å². The van der Waals surface area contributed by atoms with Crippen LogP contribution in [0.4, 0.5) is 23.0 Å². The molecule has 2 aromatic heterocycles. The van der Waals surface area contributed by atoms with Gasteiger partial charge in [0.2, 0.25) is 0 Å². The number of hydrogen-bond acceptors (Lipinski definition) is 8. The normalized spacial score (nSPS) is 13.4. The van der Waals surface area contributed by atoms with Gasteiger partial charge in [0.1, 0.15) is 0 Å². The van der Waals surface area contributed by atoms with Gasteiger partial charge >= 0.3 is 0 Å². The number of aromatic nitrogens is 2. The first-order chi connectivity index (χ1) is 14.8. The number of nitrogens with zero attached hydrogens (tertiary/aromatic N) is 4. The van der Waals surface area contributed by atoms with Gasteiger partial charge in [-0.15, -0.1) is 24.8 Å². The molecule has 0 spiro atoms. The summed E-state index contributed by atoms with van der Waals surface area (Å²) in [5.74, 6) is 2.17. The molecule has 4 heterocycles. The molecule has 0 radical (unpaired) electrons. The van der Waals surface area contributed by atoms with Crippen LogP contribution in [0, 0.1) is 0 Å². The highest BCUT2D eigenvalue weighted by Gasteiger charge is 2.15. The van der Waals surface area contributed by atoms with Crippen molar-refractivity contribution >= 4 is 47.8 Å². The lowest BCUT2D eigenvalue weighted by Gasteiger charge is -2.29. The Balaban J connectivity index is -0.000000155. The number of pyridine rings is 2. The molecule has 2 saturated heterocycles. The maximum Gasteiger partial charge on any atom is 0.152 e. The van der Waals surface area contributed by atoms with Crippen LogP contribution in [0.2, 0.25) is 0 Å². The van der Waals surface area contributed by atoms with Crippen LogP contribution in [0.15, 0.2) is 36.7 Å². The van der Waals surface area contributed by atoms with Crippen molar-refractivity contribution in [2.45, 2.75) is 13.8 Å². The second-order valence-corrected chi connectivity index (χ2v) is 7.28. The quantitative estimate of drug-likeness (QED) is 0.317. The Morgan fingerprint density at radius 2 is 0.973 bits per heavy atom. The zero-order valence-corrected chi connectivity index (χ0v) is 23.3. The first kappa shape index (κ1) is 44.8. The Labute approximate surface area is 232 Å². The zero-order chi connectivity index (χ0) is 21.0. The molecular weight excluding hydrogens is 527 g/mol. The Hall–Kier alpha value is -2.20. The number of anilines is 4. The second kappa shape index (κ2) is 25.4. The molecule has 0 aromatic carbocycles. The van der Waals surface area contributed by atoms with Crippen molar-refractivity contribution in [3.05, 3.63) is 36.7 Å². The number of rotatable bonds is 6. The molecule has 37 heavy (non-hydrogen) atoms. The topological polar surface area (TPSA) is 238 Å². The van der Waals surface area contributed by atoms with Gasteiger partial charge in [0, 0.05) is 77.8 Å². The van der Waals surface area contributed by atoms with E-state index >= 15 is 0 Å². The summed E-state index contributed by atoms with van der Waals surface area (Å²) in [5.41, 5.74) is 2.28. The molecule has 0 amide bonds. The van der Waals surface area contributed by atoms with E-state index in [0.717, 1.165) is 88.5 Å². The molecule has 2 fully saturated rings. The predicted octanol–water partition coefficient (Wildman–Crippen LogP) is -1.43. The Morgan fingerprint density at radius 1 is 0.649 bits per heavy atom. The fourth-order valence-corrected chi connectivity index (χ4v) is 3.71. The molecule has 14 N–H and O–H groups in total. The highest BCUT2D eigenvalue weighted by Crippen LogP contribution is 2.23. The molecule has 13 nitrogen and oxygen atoms in total. The van der Waals surface area contributed by atoms with Crippen LogP contribution in [0.25, 0.3) is 0 Å². The highest BCUT2D eigenvalue weighted by atomic mass is 35.5. The monoisotopic (exact) mass is 574 g/mol. The van der Waals surface area contributed by atoms with E-state index in [4.69, 9.17) is 0 Å². The summed E-state index contributed by atoms with van der Waals surface area (Å²) in [6.45, 7) is 14.4. The van der Waals surface area contributed by atoms with Crippen molar-refractivity contribution in [2.24, 2.45) is 0 Å². The first-order valence-corrected chi connectivity index (χ1v) is 11.1. The lowest BCUT2D eigenvalue weighted by Crippen LogP contribution is -2.44. The van der Waals surface area contributed by atoms with Crippen molar-refractivity contribution < 1.29 is 27.4 Å². The van der Waals surface area contributed by atoms with Crippen LogP contribution in [0.1, 0.15) is 13.8 Å². The van der Waals surface area contributed by atoms with Crippen molar-refractivity contribution in [1.82, 2.24) is 20.6 Å². The molecule has 220 valence electrons. The van der Waals surface area contributed by atoms with Crippen LogP contribution in [0.5, 0.6) is 0 Å². The summed E-state index contributed by atoms with van der Waals surface area (Å²) in [5, 5.41) is 13.4. The molecule has 2 aliphatic heterocycles. The molecule has 4 rings (SSSR count). The van der Waals surface area contributed by atoms with E-state index in [2.05, 4.69) is 67.0 Å². The maximum absolute atomic E-state index is 4.46. The molecule has 2 aromatic rings. The fourth-order valence-electron chi connectivity index (χ4n) is 3.71. The Bertz CT molecular complexity index is 710. The maximum atomic E-state index is 4.46. The van der Waals surface area contributed by atoms with Crippen molar-refractivity contribution in [2.75, 3.05) is 85.9 Å². The highest BCUT2D eigenvalue weighted by molar-refractivity contribution is 5.85.